The zero-order valence-corrected chi connectivity index (χ0v) is 20.4. The summed E-state index contributed by atoms with van der Waals surface area (Å²) < 4.78 is 16.5. The topological polar surface area (TPSA) is 111 Å². The van der Waals surface area contributed by atoms with E-state index in [1.165, 1.54) is 14.2 Å². The van der Waals surface area contributed by atoms with Crippen molar-refractivity contribution >= 4 is 0 Å². The molecule has 3 rings (SSSR count). The lowest BCUT2D eigenvalue weighted by molar-refractivity contribution is -0.533. The SMILES string of the molecule is COc1ccc(C[C@H]([C@H](O)Cc2c(C)cc(OC)c(O)c2C)[N+](=O)[O-])cc1OCc1ccccc1. The zero-order valence-electron chi connectivity index (χ0n) is 20.4. The molecular weight excluding hydrogens is 450 g/mol. The fourth-order valence-electron chi connectivity index (χ4n) is 4.08. The molecule has 0 radical (unpaired) electrons. The third-order valence-electron chi connectivity index (χ3n) is 6.12. The summed E-state index contributed by atoms with van der Waals surface area (Å²) in [6, 6.07) is 15.2. The van der Waals surface area contributed by atoms with Gasteiger partial charge in [0.1, 0.15) is 12.7 Å². The Bertz CT molecular complexity index is 1160. The number of aromatic hydroxyl groups is 1. The van der Waals surface area contributed by atoms with Gasteiger partial charge in [-0.2, -0.15) is 0 Å². The summed E-state index contributed by atoms with van der Waals surface area (Å²) in [6.07, 6.45) is -1.25. The average molecular weight is 482 g/mol. The van der Waals surface area contributed by atoms with Crippen molar-refractivity contribution in [2.45, 2.75) is 45.4 Å². The molecule has 0 aliphatic heterocycles. The number of aryl methyl sites for hydroxylation is 1. The molecule has 3 aromatic carbocycles. The van der Waals surface area contributed by atoms with Crippen LogP contribution in [0.3, 0.4) is 0 Å². The van der Waals surface area contributed by atoms with Crippen LogP contribution in [0.15, 0.2) is 54.6 Å². The lowest BCUT2D eigenvalue weighted by Gasteiger charge is -2.20. The second-order valence-electron chi connectivity index (χ2n) is 8.44. The van der Waals surface area contributed by atoms with Crippen LogP contribution in [0.4, 0.5) is 0 Å². The van der Waals surface area contributed by atoms with Crippen LogP contribution in [0.5, 0.6) is 23.0 Å². The van der Waals surface area contributed by atoms with Crippen LogP contribution in [0.1, 0.15) is 27.8 Å². The van der Waals surface area contributed by atoms with Crippen molar-refractivity contribution in [3.8, 4) is 23.0 Å². The smallest absolute Gasteiger partial charge is 0.242 e. The highest BCUT2D eigenvalue weighted by Crippen LogP contribution is 2.35. The quantitative estimate of drug-likeness (QED) is 0.308. The first kappa shape index (κ1) is 25.8. The molecule has 35 heavy (non-hydrogen) atoms. The number of aliphatic hydroxyl groups excluding tert-OH is 1. The number of phenolic OH excluding ortho intramolecular Hbond substituents is 1. The molecular formula is C27H31NO7. The minimum absolute atomic E-state index is 0.0000893. The van der Waals surface area contributed by atoms with Crippen molar-refractivity contribution in [3.05, 3.63) is 92.5 Å². The molecule has 0 saturated heterocycles. The molecule has 0 bridgehead atoms. The molecule has 0 saturated carbocycles. The first-order valence-corrected chi connectivity index (χ1v) is 11.3. The molecule has 2 N–H and O–H groups in total. The number of hydrogen-bond donors (Lipinski definition) is 2. The third kappa shape index (κ3) is 6.22. The Morgan fingerprint density at radius 2 is 1.60 bits per heavy atom. The van der Waals surface area contributed by atoms with Gasteiger partial charge in [0.2, 0.25) is 6.04 Å². The first-order chi connectivity index (χ1) is 16.7. The number of ether oxygens (including phenoxy) is 3. The number of nitrogens with zero attached hydrogens (tertiary/aromatic N) is 1. The van der Waals surface area contributed by atoms with Crippen LogP contribution in [0.25, 0.3) is 0 Å². The zero-order chi connectivity index (χ0) is 25.5. The van der Waals surface area contributed by atoms with Crippen molar-refractivity contribution in [2.24, 2.45) is 0 Å². The number of aliphatic hydroxyl groups is 1. The predicted molar refractivity (Wildman–Crippen MR) is 132 cm³/mol. The molecule has 0 heterocycles. The molecule has 0 fully saturated rings. The lowest BCUT2D eigenvalue weighted by Crippen LogP contribution is -2.37. The Balaban J connectivity index is 1.80. The Morgan fingerprint density at radius 3 is 2.23 bits per heavy atom. The molecule has 0 aliphatic carbocycles. The van der Waals surface area contributed by atoms with E-state index in [1.807, 2.05) is 37.3 Å². The predicted octanol–water partition coefficient (Wildman–Crippen LogP) is 4.40. The summed E-state index contributed by atoms with van der Waals surface area (Å²) in [4.78, 5) is 11.4. The molecule has 0 aromatic heterocycles. The fraction of sp³-hybridized carbons (Fsp3) is 0.333. The van der Waals surface area contributed by atoms with Gasteiger partial charge in [0, 0.05) is 17.8 Å². The Labute approximate surface area is 204 Å². The third-order valence-corrected chi connectivity index (χ3v) is 6.12. The fourth-order valence-corrected chi connectivity index (χ4v) is 4.08. The van der Waals surface area contributed by atoms with Crippen LogP contribution in [0, 0.1) is 24.0 Å². The van der Waals surface area contributed by atoms with Gasteiger partial charge >= 0.3 is 0 Å². The monoisotopic (exact) mass is 481 g/mol. The summed E-state index contributed by atoms with van der Waals surface area (Å²) in [5.41, 5.74) is 3.58. The van der Waals surface area contributed by atoms with Crippen LogP contribution in [-0.4, -0.2) is 41.5 Å². The van der Waals surface area contributed by atoms with Crippen LogP contribution in [-0.2, 0) is 19.4 Å². The van der Waals surface area contributed by atoms with Gasteiger partial charge in [-0.15, -0.1) is 0 Å². The number of phenols is 1. The van der Waals surface area contributed by atoms with E-state index in [4.69, 9.17) is 14.2 Å². The molecule has 0 aliphatic rings. The maximum atomic E-state index is 11.9. The van der Waals surface area contributed by atoms with E-state index in [2.05, 4.69) is 0 Å². The standard InChI is InChI=1S/C27H31NO7/c1-17-12-26(34-4)27(30)18(2)21(17)15-23(29)22(28(31)32)13-20-10-11-24(33-3)25(14-20)35-16-19-8-6-5-7-9-19/h5-12,14,22-23,29-30H,13,15-16H2,1-4H3/t22-,23-/m1/s1. The highest BCUT2D eigenvalue weighted by molar-refractivity contribution is 5.53. The highest BCUT2D eigenvalue weighted by atomic mass is 16.6. The van der Waals surface area contributed by atoms with E-state index in [1.54, 1.807) is 31.2 Å². The number of hydrogen-bond acceptors (Lipinski definition) is 7. The first-order valence-electron chi connectivity index (χ1n) is 11.3. The summed E-state index contributed by atoms with van der Waals surface area (Å²) in [7, 11) is 2.99. The van der Waals surface area contributed by atoms with Gasteiger partial charge in [-0.25, -0.2) is 0 Å². The number of benzene rings is 3. The Hall–Kier alpha value is -3.78. The summed E-state index contributed by atoms with van der Waals surface area (Å²) >= 11 is 0. The van der Waals surface area contributed by atoms with Crippen molar-refractivity contribution in [1.29, 1.82) is 0 Å². The number of nitro groups is 1. The highest BCUT2D eigenvalue weighted by Gasteiger charge is 2.32. The maximum absolute atomic E-state index is 11.9. The van der Waals surface area contributed by atoms with Gasteiger partial charge < -0.3 is 24.4 Å². The van der Waals surface area contributed by atoms with Crippen molar-refractivity contribution < 1.29 is 29.3 Å². The van der Waals surface area contributed by atoms with Gasteiger partial charge in [-0.05, 0) is 59.9 Å². The van der Waals surface area contributed by atoms with Crippen molar-refractivity contribution in [1.82, 2.24) is 0 Å². The van der Waals surface area contributed by atoms with Gasteiger partial charge in [0.15, 0.2) is 23.0 Å². The van der Waals surface area contributed by atoms with Gasteiger partial charge in [0.25, 0.3) is 0 Å². The number of rotatable bonds is 11. The Kier molecular flexibility index (Phi) is 8.54. The van der Waals surface area contributed by atoms with Crippen LogP contribution >= 0.6 is 0 Å². The van der Waals surface area contributed by atoms with Crippen LogP contribution in [0.2, 0.25) is 0 Å². The van der Waals surface area contributed by atoms with Gasteiger partial charge in [-0.1, -0.05) is 36.4 Å². The second-order valence-corrected chi connectivity index (χ2v) is 8.44. The van der Waals surface area contributed by atoms with E-state index in [9.17, 15) is 20.3 Å². The maximum Gasteiger partial charge on any atom is 0.242 e. The summed E-state index contributed by atoms with van der Waals surface area (Å²) in [5.74, 6) is 1.28. The van der Waals surface area contributed by atoms with E-state index in [0.717, 1.165) is 11.1 Å². The normalized spacial score (nSPS) is 12.6. The van der Waals surface area contributed by atoms with Crippen LogP contribution < -0.4 is 14.2 Å². The average Bonchev–Trinajstić information content (AvgIpc) is 2.86. The Morgan fingerprint density at radius 1 is 0.914 bits per heavy atom. The van der Waals surface area contributed by atoms with Crippen molar-refractivity contribution in [3.63, 3.8) is 0 Å². The summed E-state index contributed by atoms with van der Waals surface area (Å²) in [5, 5.41) is 33.1. The minimum atomic E-state index is -1.27. The molecule has 8 heteroatoms. The number of methoxy groups -OCH3 is 2. The second kappa shape index (κ2) is 11.6. The minimum Gasteiger partial charge on any atom is -0.504 e. The molecule has 8 nitrogen and oxygen atoms in total. The largest absolute Gasteiger partial charge is 0.504 e. The summed E-state index contributed by atoms with van der Waals surface area (Å²) in [6.45, 7) is 3.84. The van der Waals surface area contributed by atoms with Gasteiger partial charge in [0.05, 0.1) is 14.2 Å². The molecule has 3 aromatic rings. The molecule has 0 amide bonds. The molecule has 0 unspecified atom stereocenters. The van der Waals surface area contributed by atoms with Crippen molar-refractivity contribution in [2.75, 3.05) is 14.2 Å². The van der Waals surface area contributed by atoms with E-state index in [-0.39, 0.29) is 18.6 Å². The molecule has 186 valence electrons. The molecule has 2 atom stereocenters. The van der Waals surface area contributed by atoms with E-state index in [0.29, 0.717) is 40.5 Å². The molecule has 0 spiro atoms. The lowest BCUT2D eigenvalue weighted by atomic mass is 9.91. The van der Waals surface area contributed by atoms with E-state index >= 15 is 0 Å². The van der Waals surface area contributed by atoms with E-state index < -0.39 is 17.1 Å². The van der Waals surface area contributed by atoms with Gasteiger partial charge in [-0.3, -0.25) is 10.1 Å².